The molecule has 0 bridgehead atoms. The number of halogens is 2. The third-order valence-electron chi connectivity index (χ3n) is 4.99. The number of aromatic nitrogens is 3. The van der Waals surface area contributed by atoms with Crippen molar-refractivity contribution in [3.63, 3.8) is 0 Å². The molecule has 2 atom stereocenters. The van der Waals surface area contributed by atoms with Crippen LogP contribution < -0.4 is 10.7 Å². The number of hydrogen-bond acceptors (Lipinski definition) is 5. The van der Waals surface area contributed by atoms with E-state index in [1.807, 2.05) is 17.7 Å². The summed E-state index contributed by atoms with van der Waals surface area (Å²) in [5.41, 5.74) is 5.63. The lowest BCUT2D eigenvalue weighted by Gasteiger charge is -2.33. The molecule has 1 aromatic heterocycles. The van der Waals surface area contributed by atoms with E-state index in [9.17, 15) is 9.18 Å². The Hall–Kier alpha value is -2.58. The predicted molar refractivity (Wildman–Crippen MR) is 117 cm³/mol. The molecule has 2 N–H and O–H groups in total. The minimum atomic E-state index is -0.542. The van der Waals surface area contributed by atoms with Crippen molar-refractivity contribution in [2.45, 2.75) is 43.1 Å². The molecule has 0 saturated carbocycles. The molecule has 0 spiro atoms. The second kappa shape index (κ2) is 8.65. The van der Waals surface area contributed by atoms with E-state index in [4.69, 9.17) is 11.6 Å². The summed E-state index contributed by atoms with van der Waals surface area (Å²) in [5, 5.41) is 12.1. The molecule has 1 aliphatic heterocycles. The summed E-state index contributed by atoms with van der Waals surface area (Å²) in [6, 6.07) is 11.2. The van der Waals surface area contributed by atoms with Gasteiger partial charge in [-0.2, -0.15) is 0 Å². The Bertz CT molecular complexity index is 1070. The Morgan fingerprint density at radius 2 is 2.03 bits per heavy atom. The first-order chi connectivity index (χ1) is 14.5. The minimum absolute atomic E-state index is 0.196. The highest BCUT2D eigenvalue weighted by molar-refractivity contribution is 8.00. The van der Waals surface area contributed by atoms with Crippen LogP contribution in [0, 0.1) is 12.7 Å². The van der Waals surface area contributed by atoms with Gasteiger partial charge in [0.1, 0.15) is 11.1 Å². The third kappa shape index (κ3) is 4.02. The summed E-state index contributed by atoms with van der Waals surface area (Å²) in [6.07, 6.45) is 1.68. The Kier molecular flexibility index (Phi) is 5.97. The van der Waals surface area contributed by atoms with E-state index in [1.54, 1.807) is 24.3 Å². The number of nitrogens with zero attached hydrogens (tertiary/aromatic N) is 3. The maximum Gasteiger partial charge on any atom is 0.240 e. The zero-order chi connectivity index (χ0) is 21.3. The molecule has 0 aliphatic carbocycles. The van der Waals surface area contributed by atoms with Crippen molar-refractivity contribution in [1.29, 1.82) is 0 Å². The SMILES string of the molecule is CCCc1nnc2n1N[C@H](c1ccc(F)cc1)[C@H](C(=O)Nc1cccc(Cl)c1C)S2. The molecular formula is C21H21ClFN5OS. The second-order valence-electron chi connectivity index (χ2n) is 7.08. The van der Waals surface area contributed by atoms with Gasteiger partial charge in [0.15, 0.2) is 5.82 Å². The van der Waals surface area contributed by atoms with E-state index in [-0.39, 0.29) is 11.7 Å². The number of fused-ring (bicyclic) bond motifs is 1. The molecule has 1 amide bonds. The van der Waals surface area contributed by atoms with Gasteiger partial charge in [0.25, 0.3) is 0 Å². The van der Waals surface area contributed by atoms with Gasteiger partial charge in [-0.15, -0.1) is 10.2 Å². The highest BCUT2D eigenvalue weighted by Crippen LogP contribution is 2.38. The minimum Gasteiger partial charge on any atom is -0.325 e. The van der Waals surface area contributed by atoms with Crippen molar-refractivity contribution >= 4 is 35.0 Å². The molecule has 4 rings (SSSR count). The van der Waals surface area contributed by atoms with Crippen molar-refractivity contribution in [3.8, 4) is 0 Å². The number of anilines is 1. The Morgan fingerprint density at radius 1 is 1.27 bits per heavy atom. The molecule has 6 nitrogen and oxygen atoms in total. The van der Waals surface area contributed by atoms with Crippen LogP contribution in [0.4, 0.5) is 10.1 Å². The largest absolute Gasteiger partial charge is 0.325 e. The van der Waals surface area contributed by atoms with Crippen LogP contribution in [0.25, 0.3) is 0 Å². The number of rotatable bonds is 5. The molecule has 30 heavy (non-hydrogen) atoms. The molecule has 156 valence electrons. The van der Waals surface area contributed by atoms with Crippen LogP contribution in [0.1, 0.15) is 36.3 Å². The zero-order valence-electron chi connectivity index (χ0n) is 16.5. The lowest BCUT2D eigenvalue weighted by Crippen LogP contribution is -2.41. The number of amides is 1. The van der Waals surface area contributed by atoms with E-state index in [0.717, 1.165) is 29.8 Å². The lowest BCUT2D eigenvalue weighted by molar-refractivity contribution is -0.116. The van der Waals surface area contributed by atoms with Crippen LogP contribution in [0.15, 0.2) is 47.6 Å². The quantitative estimate of drug-likeness (QED) is 0.594. The first-order valence-electron chi connectivity index (χ1n) is 9.67. The van der Waals surface area contributed by atoms with Crippen molar-refractivity contribution in [2.24, 2.45) is 0 Å². The van der Waals surface area contributed by atoms with Crippen molar-refractivity contribution < 1.29 is 9.18 Å². The molecule has 0 fully saturated rings. The fourth-order valence-corrected chi connectivity index (χ4v) is 4.62. The van der Waals surface area contributed by atoms with Gasteiger partial charge < -0.3 is 10.7 Å². The molecule has 1 aliphatic rings. The number of carbonyl (C=O) groups is 1. The standard InChI is InChI=1S/C21H21ClFN5OS/c1-3-5-17-25-26-21-28(17)27-18(13-8-10-14(23)11-9-13)19(30-21)20(29)24-16-7-4-6-15(22)12(16)2/h4,6-11,18-19,27H,3,5H2,1-2H3,(H,24,29)/t18-,19-/m1/s1. The third-order valence-corrected chi connectivity index (χ3v) is 6.62. The summed E-state index contributed by atoms with van der Waals surface area (Å²) in [5.74, 6) is 0.282. The van der Waals surface area contributed by atoms with Crippen molar-refractivity contribution in [3.05, 3.63) is 70.3 Å². The topological polar surface area (TPSA) is 71.8 Å². The molecular weight excluding hydrogens is 425 g/mol. The van der Waals surface area contributed by atoms with Gasteiger partial charge in [-0.3, -0.25) is 4.79 Å². The van der Waals surface area contributed by atoms with Crippen LogP contribution in [-0.2, 0) is 11.2 Å². The number of benzene rings is 2. The Labute approximate surface area is 183 Å². The maximum absolute atomic E-state index is 13.5. The first-order valence-corrected chi connectivity index (χ1v) is 10.9. The van der Waals surface area contributed by atoms with Gasteiger partial charge in [-0.25, -0.2) is 9.07 Å². The molecule has 2 aromatic carbocycles. The van der Waals surface area contributed by atoms with Crippen LogP contribution in [0.3, 0.4) is 0 Å². The van der Waals surface area contributed by atoms with Crippen LogP contribution in [0.2, 0.25) is 5.02 Å². The Morgan fingerprint density at radius 3 is 2.77 bits per heavy atom. The summed E-state index contributed by atoms with van der Waals surface area (Å²) >= 11 is 7.53. The van der Waals surface area contributed by atoms with Crippen LogP contribution in [0.5, 0.6) is 0 Å². The van der Waals surface area contributed by atoms with Gasteiger partial charge >= 0.3 is 0 Å². The van der Waals surface area contributed by atoms with Crippen LogP contribution in [-0.4, -0.2) is 26.0 Å². The molecule has 0 unspecified atom stereocenters. The smallest absolute Gasteiger partial charge is 0.240 e. The predicted octanol–water partition coefficient (Wildman–Crippen LogP) is 4.73. The fraction of sp³-hybridized carbons (Fsp3) is 0.286. The van der Waals surface area contributed by atoms with E-state index in [2.05, 4.69) is 27.9 Å². The molecule has 2 heterocycles. The number of aryl methyl sites for hydroxylation is 1. The zero-order valence-corrected chi connectivity index (χ0v) is 18.1. The second-order valence-corrected chi connectivity index (χ2v) is 8.60. The number of hydrogen-bond donors (Lipinski definition) is 2. The molecule has 3 aromatic rings. The van der Waals surface area contributed by atoms with Gasteiger partial charge in [0.05, 0.1) is 6.04 Å². The average Bonchev–Trinajstić information content (AvgIpc) is 3.13. The molecule has 0 radical (unpaired) electrons. The molecule has 0 saturated heterocycles. The van der Waals surface area contributed by atoms with Gasteiger partial charge in [-0.05, 0) is 48.7 Å². The Balaban J connectivity index is 1.68. The summed E-state index contributed by atoms with van der Waals surface area (Å²) in [7, 11) is 0. The van der Waals surface area contributed by atoms with E-state index in [1.165, 1.54) is 23.9 Å². The average molecular weight is 446 g/mol. The van der Waals surface area contributed by atoms with Crippen molar-refractivity contribution in [2.75, 3.05) is 10.7 Å². The first kappa shape index (κ1) is 20.7. The van der Waals surface area contributed by atoms with Gasteiger partial charge in [-0.1, -0.05) is 48.5 Å². The normalized spacial score (nSPS) is 17.9. The molecule has 9 heteroatoms. The van der Waals surface area contributed by atoms with E-state index in [0.29, 0.717) is 15.9 Å². The van der Waals surface area contributed by atoms with Gasteiger partial charge in [0.2, 0.25) is 11.1 Å². The van der Waals surface area contributed by atoms with E-state index >= 15 is 0 Å². The van der Waals surface area contributed by atoms with Crippen molar-refractivity contribution in [1.82, 2.24) is 14.9 Å². The lowest BCUT2D eigenvalue weighted by atomic mass is 10.0. The summed E-state index contributed by atoms with van der Waals surface area (Å²) < 4.78 is 15.3. The number of nitrogens with one attached hydrogen (secondary N) is 2. The maximum atomic E-state index is 13.5. The highest BCUT2D eigenvalue weighted by atomic mass is 35.5. The summed E-state index contributed by atoms with van der Waals surface area (Å²) in [4.78, 5) is 13.3. The fourth-order valence-electron chi connectivity index (χ4n) is 3.35. The van der Waals surface area contributed by atoms with Gasteiger partial charge in [0, 0.05) is 17.1 Å². The summed E-state index contributed by atoms with van der Waals surface area (Å²) in [6.45, 7) is 3.92. The highest BCUT2D eigenvalue weighted by Gasteiger charge is 2.38. The van der Waals surface area contributed by atoms with Crippen LogP contribution >= 0.6 is 23.4 Å². The monoisotopic (exact) mass is 445 g/mol. The number of carbonyl (C=O) groups excluding carboxylic acids is 1. The van der Waals surface area contributed by atoms with E-state index < -0.39 is 11.3 Å². The number of thioether (sulfide) groups is 1.